The second-order valence-corrected chi connectivity index (χ2v) is 5.82. The number of nitrogen functional groups attached to an aromatic ring is 1. The van der Waals surface area contributed by atoms with E-state index >= 15 is 0 Å². The van der Waals surface area contributed by atoms with E-state index in [1.807, 2.05) is 18.2 Å². The molecule has 0 amide bonds. The number of hydrogen-bond acceptors (Lipinski definition) is 2. The smallest absolute Gasteiger partial charge is 0.0562 e. The first-order chi connectivity index (χ1) is 8.19. The van der Waals surface area contributed by atoms with E-state index in [1.165, 1.54) is 25.7 Å². The minimum absolute atomic E-state index is 0.774. The maximum absolute atomic E-state index is 6.16. The van der Waals surface area contributed by atoms with Gasteiger partial charge in [0, 0.05) is 16.3 Å². The highest BCUT2D eigenvalue weighted by Crippen LogP contribution is 2.34. The summed E-state index contributed by atoms with van der Waals surface area (Å²) in [5.41, 5.74) is 6.74. The first-order valence-electron chi connectivity index (χ1n) is 6.35. The fraction of sp³-hybridized carbons (Fsp3) is 0.571. The van der Waals surface area contributed by atoms with E-state index in [-0.39, 0.29) is 0 Å². The molecule has 1 unspecified atom stereocenters. The number of halogens is 1. The van der Waals surface area contributed by atoms with Crippen LogP contribution in [0.1, 0.15) is 39.5 Å². The van der Waals surface area contributed by atoms with Gasteiger partial charge in [-0.2, -0.15) is 0 Å². The molecule has 0 saturated heterocycles. The summed E-state index contributed by atoms with van der Waals surface area (Å²) in [6, 6.07) is 5.73. The summed E-state index contributed by atoms with van der Waals surface area (Å²) in [7, 11) is 0. The van der Waals surface area contributed by atoms with Gasteiger partial charge in [-0.25, -0.2) is 0 Å². The molecule has 0 heterocycles. The van der Waals surface area contributed by atoms with E-state index in [0.29, 0.717) is 0 Å². The number of thioether (sulfide) groups is 1. The van der Waals surface area contributed by atoms with Crippen molar-refractivity contribution in [1.29, 1.82) is 0 Å². The van der Waals surface area contributed by atoms with Gasteiger partial charge in [-0.1, -0.05) is 50.8 Å². The van der Waals surface area contributed by atoms with Crippen molar-refractivity contribution in [2.45, 2.75) is 44.4 Å². The third-order valence-corrected chi connectivity index (χ3v) is 4.81. The zero-order chi connectivity index (χ0) is 12.7. The van der Waals surface area contributed by atoms with Gasteiger partial charge in [0.2, 0.25) is 0 Å². The molecule has 0 aromatic heterocycles. The molecule has 17 heavy (non-hydrogen) atoms. The van der Waals surface area contributed by atoms with Crippen LogP contribution in [0.25, 0.3) is 0 Å². The third-order valence-electron chi connectivity index (χ3n) is 3.00. The molecule has 96 valence electrons. The second-order valence-electron chi connectivity index (χ2n) is 4.39. The molecule has 0 aliphatic rings. The van der Waals surface area contributed by atoms with E-state index < -0.39 is 0 Å². The lowest BCUT2D eigenvalue weighted by Crippen LogP contribution is -2.02. The Morgan fingerprint density at radius 3 is 2.71 bits per heavy atom. The molecule has 1 aromatic rings. The summed E-state index contributed by atoms with van der Waals surface area (Å²) in [4.78, 5) is 1.05. The summed E-state index contributed by atoms with van der Waals surface area (Å²) in [6.45, 7) is 4.50. The molecular formula is C14H22ClNS. The molecule has 0 saturated carbocycles. The Morgan fingerprint density at radius 2 is 2.12 bits per heavy atom. The summed E-state index contributed by atoms with van der Waals surface area (Å²) in [6.07, 6.45) is 5.13. The Bertz CT molecular complexity index is 321. The van der Waals surface area contributed by atoms with Gasteiger partial charge < -0.3 is 5.73 Å². The Labute approximate surface area is 114 Å². The quantitative estimate of drug-likeness (QED) is 0.543. The lowest BCUT2D eigenvalue weighted by molar-refractivity contribution is 0.499. The third kappa shape index (κ3) is 4.81. The first-order valence-corrected chi connectivity index (χ1v) is 7.72. The van der Waals surface area contributed by atoms with E-state index in [0.717, 1.165) is 27.3 Å². The molecule has 0 aliphatic heterocycles. The number of unbranched alkanes of at least 4 members (excludes halogenated alkanes) is 1. The first kappa shape index (κ1) is 14.7. The van der Waals surface area contributed by atoms with Gasteiger partial charge >= 0.3 is 0 Å². The van der Waals surface area contributed by atoms with Gasteiger partial charge in [-0.3, -0.25) is 0 Å². The number of rotatable bonds is 7. The van der Waals surface area contributed by atoms with Crippen molar-refractivity contribution in [3.63, 3.8) is 0 Å². The summed E-state index contributed by atoms with van der Waals surface area (Å²) in [5.74, 6) is 1.89. The standard InChI is InChI=1S/C14H22ClNS/c1-3-5-7-11(4-2)10-17-14-12(15)8-6-9-13(14)16/h6,8-9,11H,3-5,7,10,16H2,1-2H3. The van der Waals surface area contributed by atoms with Crippen LogP contribution in [0.5, 0.6) is 0 Å². The van der Waals surface area contributed by atoms with Crippen LogP contribution in [0.4, 0.5) is 5.69 Å². The van der Waals surface area contributed by atoms with Crippen LogP contribution in [0, 0.1) is 5.92 Å². The average molecular weight is 272 g/mol. The number of anilines is 1. The fourth-order valence-corrected chi connectivity index (χ4v) is 3.37. The van der Waals surface area contributed by atoms with Gasteiger partial charge in [-0.05, 0) is 24.5 Å². The Balaban J connectivity index is 2.53. The predicted octanol–water partition coefficient (Wildman–Crippen LogP) is 5.23. The average Bonchev–Trinajstić information content (AvgIpc) is 2.32. The van der Waals surface area contributed by atoms with Crippen molar-refractivity contribution in [3.8, 4) is 0 Å². The number of hydrogen-bond donors (Lipinski definition) is 1. The normalized spacial score (nSPS) is 12.6. The highest BCUT2D eigenvalue weighted by Gasteiger charge is 2.10. The Kier molecular flexibility index (Phi) is 6.83. The lowest BCUT2D eigenvalue weighted by atomic mass is 10.0. The van der Waals surface area contributed by atoms with E-state index in [2.05, 4.69) is 13.8 Å². The van der Waals surface area contributed by atoms with E-state index in [9.17, 15) is 0 Å². The molecule has 0 fully saturated rings. The molecule has 1 rings (SSSR count). The van der Waals surface area contributed by atoms with Crippen molar-refractivity contribution in [2.24, 2.45) is 5.92 Å². The van der Waals surface area contributed by atoms with E-state index in [1.54, 1.807) is 11.8 Å². The topological polar surface area (TPSA) is 26.0 Å². The largest absolute Gasteiger partial charge is 0.398 e. The molecule has 2 N–H and O–H groups in total. The molecule has 1 nitrogen and oxygen atoms in total. The van der Waals surface area contributed by atoms with Gasteiger partial charge in [0.1, 0.15) is 0 Å². The predicted molar refractivity (Wildman–Crippen MR) is 79.9 cm³/mol. The van der Waals surface area contributed by atoms with Crippen LogP contribution in [0.3, 0.4) is 0 Å². The van der Waals surface area contributed by atoms with Crippen LogP contribution in [-0.2, 0) is 0 Å². The molecule has 0 spiro atoms. The zero-order valence-corrected chi connectivity index (χ0v) is 12.3. The van der Waals surface area contributed by atoms with Crippen molar-refractivity contribution in [1.82, 2.24) is 0 Å². The van der Waals surface area contributed by atoms with Gasteiger partial charge in [-0.15, -0.1) is 11.8 Å². The van der Waals surface area contributed by atoms with Crippen LogP contribution in [0.15, 0.2) is 23.1 Å². The lowest BCUT2D eigenvalue weighted by Gasteiger charge is -2.15. The SMILES string of the molecule is CCCCC(CC)CSc1c(N)cccc1Cl. The molecule has 1 aromatic carbocycles. The zero-order valence-electron chi connectivity index (χ0n) is 10.7. The van der Waals surface area contributed by atoms with Crippen LogP contribution in [-0.4, -0.2) is 5.75 Å². The molecule has 0 radical (unpaired) electrons. The molecule has 3 heteroatoms. The Morgan fingerprint density at radius 1 is 1.35 bits per heavy atom. The molecule has 1 atom stereocenters. The minimum atomic E-state index is 0.774. The summed E-state index contributed by atoms with van der Waals surface area (Å²) in [5, 5.41) is 0.778. The van der Waals surface area contributed by atoms with E-state index in [4.69, 9.17) is 17.3 Å². The molecule has 0 aliphatic carbocycles. The second kappa shape index (κ2) is 7.88. The summed E-state index contributed by atoms with van der Waals surface area (Å²) >= 11 is 7.96. The van der Waals surface area contributed by atoms with Crippen molar-refractivity contribution in [3.05, 3.63) is 23.2 Å². The molecule has 0 bridgehead atoms. The Hall–Kier alpha value is -0.340. The minimum Gasteiger partial charge on any atom is -0.398 e. The molecular weight excluding hydrogens is 250 g/mol. The van der Waals surface area contributed by atoms with Crippen LogP contribution in [0.2, 0.25) is 5.02 Å². The maximum Gasteiger partial charge on any atom is 0.0562 e. The highest BCUT2D eigenvalue weighted by atomic mass is 35.5. The number of nitrogens with two attached hydrogens (primary N) is 1. The number of benzene rings is 1. The monoisotopic (exact) mass is 271 g/mol. The van der Waals surface area contributed by atoms with Crippen molar-refractivity contribution >= 4 is 29.1 Å². The maximum atomic E-state index is 6.16. The van der Waals surface area contributed by atoms with Gasteiger partial charge in [0.05, 0.1) is 5.02 Å². The van der Waals surface area contributed by atoms with Crippen molar-refractivity contribution < 1.29 is 0 Å². The van der Waals surface area contributed by atoms with Gasteiger partial charge in [0.15, 0.2) is 0 Å². The summed E-state index contributed by atoms with van der Waals surface area (Å²) < 4.78 is 0. The highest BCUT2D eigenvalue weighted by molar-refractivity contribution is 7.99. The van der Waals surface area contributed by atoms with Crippen molar-refractivity contribution in [2.75, 3.05) is 11.5 Å². The fourth-order valence-electron chi connectivity index (χ4n) is 1.78. The van der Waals surface area contributed by atoms with Crippen LogP contribution >= 0.6 is 23.4 Å². The van der Waals surface area contributed by atoms with Gasteiger partial charge in [0.25, 0.3) is 0 Å². The van der Waals surface area contributed by atoms with Crippen LogP contribution < -0.4 is 5.73 Å².